The quantitative estimate of drug-likeness (QED) is 0.758. The van der Waals surface area contributed by atoms with Crippen molar-refractivity contribution in [2.45, 2.75) is 0 Å². The van der Waals surface area contributed by atoms with E-state index in [1.54, 1.807) is 18.2 Å². The highest BCUT2D eigenvalue weighted by Gasteiger charge is 2.00. The Morgan fingerprint density at radius 2 is 2.08 bits per heavy atom. The number of hydrogen-bond donors (Lipinski definition) is 1. The minimum Gasteiger partial charge on any atom is -0.366 e. The third-order valence-corrected chi connectivity index (χ3v) is 2.24. The molecular weight excluding hydrogens is 209 g/mol. The first-order valence-electron chi connectivity index (χ1n) is 3.53. The maximum atomic E-state index is 10.4. The van der Waals surface area contributed by atoms with Crippen molar-refractivity contribution in [3.05, 3.63) is 39.9 Å². The molecular formula is C9H7Cl2NO. The molecule has 0 heterocycles. The van der Waals surface area contributed by atoms with Crippen LogP contribution in [0.5, 0.6) is 0 Å². The van der Waals surface area contributed by atoms with E-state index >= 15 is 0 Å². The second-order valence-corrected chi connectivity index (χ2v) is 3.16. The average molecular weight is 216 g/mol. The number of carbonyl (C=O) groups excluding carboxylic acids is 1. The standard InChI is InChI=1S/C9H7Cl2NO/c10-7-3-1-2-6(9(7)11)4-5-8(12)13/h1-5H,(H2,12,13)/b5-4-. The van der Waals surface area contributed by atoms with Gasteiger partial charge < -0.3 is 5.73 Å². The van der Waals surface area contributed by atoms with E-state index in [0.29, 0.717) is 15.6 Å². The van der Waals surface area contributed by atoms with Gasteiger partial charge in [0, 0.05) is 6.08 Å². The fraction of sp³-hybridized carbons (Fsp3) is 0. The molecule has 0 aliphatic carbocycles. The van der Waals surface area contributed by atoms with Gasteiger partial charge in [0.05, 0.1) is 10.0 Å². The highest BCUT2D eigenvalue weighted by molar-refractivity contribution is 6.42. The minimum atomic E-state index is -0.518. The van der Waals surface area contributed by atoms with Crippen LogP contribution in [-0.2, 0) is 4.79 Å². The fourth-order valence-corrected chi connectivity index (χ4v) is 1.19. The zero-order valence-corrected chi connectivity index (χ0v) is 8.14. The average Bonchev–Trinajstić information content (AvgIpc) is 2.07. The first-order valence-corrected chi connectivity index (χ1v) is 4.28. The Bertz CT molecular complexity index is 361. The summed E-state index contributed by atoms with van der Waals surface area (Å²) in [4.78, 5) is 10.4. The predicted octanol–water partition coefficient (Wildman–Crippen LogP) is 2.49. The zero-order chi connectivity index (χ0) is 9.84. The lowest BCUT2D eigenvalue weighted by molar-refractivity contribution is -0.113. The molecule has 1 aromatic carbocycles. The van der Waals surface area contributed by atoms with Crippen molar-refractivity contribution >= 4 is 35.2 Å². The molecule has 0 aliphatic rings. The van der Waals surface area contributed by atoms with Gasteiger partial charge in [-0.1, -0.05) is 35.3 Å². The maximum absolute atomic E-state index is 10.4. The largest absolute Gasteiger partial charge is 0.366 e. The first-order chi connectivity index (χ1) is 6.11. The molecule has 2 nitrogen and oxygen atoms in total. The van der Waals surface area contributed by atoms with Gasteiger partial charge in [-0.05, 0) is 17.7 Å². The van der Waals surface area contributed by atoms with E-state index in [-0.39, 0.29) is 0 Å². The lowest BCUT2D eigenvalue weighted by atomic mass is 10.2. The Morgan fingerprint density at radius 3 is 2.69 bits per heavy atom. The Balaban J connectivity index is 3.02. The van der Waals surface area contributed by atoms with Crippen molar-refractivity contribution < 1.29 is 4.79 Å². The monoisotopic (exact) mass is 215 g/mol. The lowest BCUT2D eigenvalue weighted by Gasteiger charge is -1.98. The first kappa shape index (κ1) is 10.1. The van der Waals surface area contributed by atoms with Gasteiger partial charge in [-0.15, -0.1) is 0 Å². The van der Waals surface area contributed by atoms with Crippen LogP contribution in [0.25, 0.3) is 6.08 Å². The lowest BCUT2D eigenvalue weighted by Crippen LogP contribution is -2.05. The summed E-state index contributed by atoms with van der Waals surface area (Å²) in [7, 11) is 0. The van der Waals surface area contributed by atoms with E-state index < -0.39 is 5.91 Å². The molecule has 4 heteroatoms. The molecule has 0 saturated heterocycles. The molecule has 0 unspecified atom stereocenters. The normalized spacial score (nSPS) is 10.6. The molecule has 0 fully saturated rings. The van der Waals surface area contributed by atoms with Gasteiger partial charge in [0.25, 0.3) is 0 Å². The number of carbonyl (C=O) groups is 1. The van der Waals surface area contributed by atoms with Crippen molar-refractivity contribution in [2.24, 2.45) is 5.73 Å². The van der Waals surface area contributed by atoms with Crippen LogP contribution in [0.3, 0.4) is 0 Å². The molecule has 2 N–H and O–H groups in total. The van der Waals surface area contributed by atoms with Gasteiger partial charge in [0.15, 0.2) is 0 Å². The SMILES string of the molecule is NC(=O)/C=C\c1cccc(Cl)c1Cl. The second-order valence-electron chi connectivity index (χ2n) is 2.38. The van der Waals surface area contributed by atoms with E-state index in [2.05, 4.69) is 0 Å². The molecule has 0 aromatic heterocycles. The molecule has 0 spiro atoms. The molecule has 0 saturated carbocycles. The molecule has 0 atom stereocenters. The summed E-state index contributed by atoms with van der Waals surface area (Å²) in [6.07, 6.45) is 2.76. The minimum absolute atomic E-state index is 0.418. The Kier molecular flexibility index (Phi) is 3.34. The smallest absolute Gasteiger partial charge is 0.241 e. The maximum Gasteiger partial charge on any atom is 0.241 e. The van der Waals surface area contributed by atoms with Crippen molar-refractivity contribution in [2.75, 3.05) is 0 Å². The van der Waals surface area contributed by atoms with Gasteiger partial charge in [-0.2, -0.15) is 0 Å². The Hall–Kier alpha value is -0.990. The Labute approximate surface area is 85.9 Å². The van der Waals surface area contributed by atoms with Crippen LogP contribution < -0.4 is 5.73 Å². The second kappa shape index (κ2) is 4.30. The highest BCUT2D eigenvalue weighted by atomic mass is 35.5. The van der Waals surface area contributed by atoms with E-state index in [9.17, 15) is 4.79 Å². The van der Waals surface area contributed by atoms with Crippen LogP contribution in [0.1, 0.15) is 5.56 Å². The van der Waals surface area contributed by atoms with Gasteiger partial charge in [-0.25, -0.2) is 0 Å². The van der Waals surface area contributed by atoms with Crippen molar-refractivity contribution in [3.8, 4) is 0 Å². The zero-order valence-electron chi connectivity index (χ0n) is 6.63. The topological polar surface area (TPSA) is 43.1 Å². The molecule has 1 amide bonds. The van der Waals surface area contributed by atoms with Crippen LogP contribution in [0.2, 0.25) is 10.0 Å². The van der Waals surface area contributed by atoms with Crippen LogP contribution in [0.15, 0.2) is 24.3 Å². The summed E-state index contributed by atoms with van der Waals surface area (Å²) < 4.78 is 0. The predicted molar refractivity (Wildman–Crippen MR) is 54.7 cm³/mol. The molecule has 1 rings (SSSR count). The number of halogens is 2. The van der Waals surface area contributed by atoms with Gasteiger partial charge in [0.1, 0.15) is 0 Å². The molecule has 0 radical (unpaired) electrons. The van der Waals surface area contributed by atoms with Crippen LogP contribution in [0.4, 0.5) is 0 Å². The van der Waals surface area contributed by atoms with E-state index in [1.165, 1.54) is 12.2 Å². The number of hydrogen-bond acceptors (Lipinski definition) is 1. The van der Waals surface area contributed by atoms with Crippen LogP contribution in [0, 0.1) is 0 Å². The molecule has 0 bridgehead atoms. The summed E-state index contributed by atoms with van der Waals surface area (Å²) in [6, 6.07) is 5.16. The van der Waals surface area contributed by atoms with Gasteiger partial charge in [0.2, 0.25) is 5.91 Å². The van der Waals surface area contributed by atoms with Crippen molar-refractivity contribution in [1.82, 2.24) is 0 Å². The van der Waals surface area contributed by atoms with Gasteiger partial charge >= 0.3 is 0 Å². The van der Waals surface area contributed by atoms with Crippen molar-refractivity contribution in [3.63, 3.8) is 0 Å². The molecule has 68 valence electrons. The third kappa shape index (κ3) is 2.76. The number of amides is 1. The summed E-state index contributed by atoms with van der Waals surface area (Å²) >= 11 is 11.6. The van der Waals surface area contributed by atoms with E-state index in [0.717, 1.165) is 0 Å². The number of rotatable bonds is 2. The summed E-state index contributed by atoms with van der Waals surface area (Å²) in [6.45, 7) is 0. The summed E-state index contributed by atoms with van der Waals surface area (Å²) in [5, 5.41) is 0.870. The van der Waals surface area contributed by atoms with Crippen LogP contribution in [-0.4, -0.2) is 5.91 Å². The molecule has 13 heavy (non-hydrogen) atoms. The van der Waals surface area contributed by atoms with E-state index in [1.807, 2.05) is 0 Å². The highest BCUT2D eigenvalue weighted by Crippen LogP contribution is 2.26. The third-order valence-electron chi connectivity index (χ3n) is 1.41. The molecule has 1 aromatic rings. The van der Waals surface area contributed by atoms with E-state index in [4.69, 9.17) is 28.9 Å². The molecule has 0 aliphatic heterocycles. The number of primary amides is 1. The van der Waals surface area contributed by atoms with Crippen molar-refractivity contribution in [1.29, 1.82) is 0 Å². The Morgan fingerprint density at radius 1 is 1.38 bits per heavy atom. The fourth-order valence-electron chi connectivity index (χ4n) is 0.821. The summed E-state index contributed by atoms with van der Waals surface area (Å²) in [5.74, 6) is -0.518. The number of nitrogens with two attached hydrogens (primary N) is 1. The number of benzene rings is 1. The summed E-state index contributed by atoms with van der Waals surface area (Å²) in [5.41, 5.74) is 5.60. The van der Waals surface area contributed by atoms with Gasteiger partial charge in [-0.3, -0.25) is 4.79 Å². The van der Waals surface area contributed by atoms with Crippen LogP contribution >= 0.6 is 23.2 Å².